The first-order valence-electron chi connectivity index (χ1n) is 7.75. The van der Waals surface area contributed by atoms with Gasteiger partial charge < -0.3 is 10.1 Å². The molecule has 0 aromatic heterocycles. The molecule has 2 fully saturated rings. The van der Waals surface area contributed by atoms with Gasteiger partial charge in [-0.2, -0.15) is 0 Å². The van der Waals surface area contributed by atoms with Gasteiger partial charge in [-0.15, -0.1) is 0 Å². The summed E-state index contributed by atoms with van der Waals surface area (Å²) < 4.78 is 5.81. The molecule has 106 valence electrons. The van der Waals surface area contributed by atoms with Crippen LogP contribution in [0.25, 0.3) is 0 Å². The Morgan fingerprint density at radius 2 is 2.22 bits per heavy atom. The maximum Gasteiger partial charge on any atom is 0.0674 e. The van der Waals surface area contributed by atoms with Gasteiger partial charge in [0.05, 0.1) is 12.7 Å². The van der Waals surface area contributed by atoms with Crippen molar-refractivity contribution in [2.45, 2.75) is 58.6 Å². The standard InChI is InChI=1S/C15H30N2O/c1-4-6-15(7-8-16-11-15)12-17-9-13(3)18-10-14(17)5-2/h13-14,16H,4-12H2,1-3H3. The second-order valence-corrected chi connectivity index (χ2v) is 6.31. The number of morpholine rings is 1. The molecule has 0 bridgehead atoms. The van der Waals surface area contributed by atoms with Crippen molar-refractivity contribution in [1.82, 2.24) is 10.2 Å². The van der Waals surface area contributed by atoms with Gasteiger partial charge in [0.25, 0.3) is 0 Å². The predicted molar refractivity (Wildman–Crippen MR) is 75.9 cm³/mol. The predicted octanol–water partition coefficient (Wildman–Crippen LogP) is 2.27. The van der Waals surface area contributed by atoms with Gasteiger partial charge in [0.1, 0.15) is 0 Å². The van der Waals surface area contributed by atoms with Crippen LogP contribution in [0.3, 0.4) is 0 Å². The highest BCUT2D eigenvalue weighted by molar-refractivity contribution is 4.92. The van der Waals surface area contributed by atoms with E-state index in [9.17, 15) is 0 Å². The number of ether oxygens (including phenoxy) is 1. The van der Waals surface area contributed by atoms with Gasteiger partial charge in [-0.25, -0.2) is 0 Å². The molecule has 0 aromatic rings. The average Bonchev–Trinajstić information content (AvgIpc) is 2.78. The Hall–Kier alpha value is -0.120. The zero-order valence-electron chi connectivity index (χ0n) is 12.4. The number of nitrogens with one attached hydrogen (secondary N) is 1. The molecule has 18 heavy (non-hydrogen) atoms. The summed E-state index contributed by atoms with van der Waals surface area (Å²) in [4.78, 5) is 2.71. The minimum Gasteiger partial charge on any atom is -0.376 e. The Balaban J connectivity index is 1.99. The van der Waals surface area contributed by atoms with Gasteiger partial charge in [-0.1, -0.05) is 20.3 Å². The average molecular weight is 254 g/mol. The second-order valence-electron chi connectivity index (χ2n) is 6.31. The highest BCUT2D eigenvalue weighted by Gasteiger charge is 2.37. The van der Waals surface area contributed by atoms with Crippen LogP contribution < -0.4 is 5.32 Å². The van der Waals surface area contributed by atoms with E-state index in [1.807, 2.05) is 0 Å². The van der Waals surface area contributed by atoms with Crippen LogP contribution in [-0.2, 0) is 4.74 Å². The van der Waals surface area contributed by atoms with Crippen LogP contribution in [0.5, 0.6) is 0 Å². The van der Waals surface area contributed by atoms with Crippen molar-refractivity contribution < 1.29 is 4.74 Å². The third-order valence-corrected chi connectivity index (χ3v) is 4.70. The lowest BCUT2D eigenvalue weighted by Crippen LogP contribution is -2.52. The molecule has 0 saturated carbocycles. The third-order valence-electron chi connectivity index (χ3n) is 4.70. The van der Waals surface area contributed by atoms with Crippen LogP contribution in [0.4, 0.5) is 0 Å². The highest BCUT2D eigenvalue weighted by Crippen LogP contribution is 2.33. The summed E-state index contributed by atoms with van der Waals surface area (Å²) >= 11 is 0. The molecule has 2 rings (SSSR count). The molecule has 3 nitrogen and oxygen atoms in total. The normalized spacial score (nSPS) is 38.2. The molecular formula is C15H30N2O. The van der Waals surface area contributed by atoms with Crippen molar-refractivity contribution >= 4 is 0 Å². The molecule has 0 radical (unpaired) electrons. The molecule has 0 spiro atoms. The SMILES string of the molecule is CCCC1(CN2CC(C)OCC2CC)CCNC1. The largest absolute Gasteiger partial charge is 0.376 e. The lowest BCUT2D eigenvalue weighted by molar-refractivity contribution is -0.0686. The summed E-state index contributed by atoms with van der Waals surface area (Å²) in [5.74, 6) is 0. The van der Waals surface area contributed by atoms with Crippen LogP contribution in [0.1, 0.15) is 46.5 Å². The Kier molecular flexibility index (Phi) is 5.05. The van der Waals surface area contributed by atoms with E-state index in [1.54, 1.807) is 0 Å². The number of rotatable bonds is 5. The Labute approximate surface area is 112 Å². The molecule has 2 aliphatic heterocycles. The fourth-order valence-electron chi connectivity index (χ4n) is 3.67. The monoisotopic (exact) mass is 254 g/mol. The molecule has 0 amide bonds. The molecule has 2 saturated heterocycles. The van der Waals surface area contributed by atoms with Gasteiger partial charge in [-0.05, 0) is 38.1 Å². The molecule has 2 heterocycles. The van der Waals surface area contributed by atoms with E-state index in [1.165, 1.54) is 45.3 Å². The molecule has 0 aromatic carbocycles. The van der Waals surface area contributed by atoms with Crippen molar-refractivity contribution in [1.29, 1.82) is 0 Å². The summed E-state index contributed by atoms with van der Waals surface area (Å²) in [6.45, 7) is 12.5. The van der Waals surface area contributed by atoms with Crippen molar-refractivity contribution in [3.05, 3.63) is 0 Å². The highest BCUT2D eigenvalue weighted by atomic mass is 16.5. The fourth-order valence-corrected chi connectivity index (χ4v) is 3.67. The van der Waals surface area contributed by atoms with E-state index in [0.29, 0.717) is 17.6 Å². The first kappa shape index (κ1) is 14.3. The quantitative estimate of drug-likeness (QED) is 0.814. The topological polar surface area (TPSA) is 24.5 Å². The molecule has 1 N–H and O–H groups in total. The van der Waals surface area contributed by atoms with E-state index in [-0.39, 0.29) is 0 Å². The number of nitrogens with zero attached hydrogens (tertiary/aromatic N) is 1. The molecular weight excluding hydrogens is 224 g/mol. The summed E-state index contributed by atoms with van der Waals surface area (Å²) in [6, 6.07) is 0.635. The van der Waals surface area contributed by atoms with E-state index < -0.39 is 0 Å². The number of hydrogen-bond acceptors (Lipinski definition) is 3. The molecule has 3 atom stereocenters. The third kappa shape index (κ3) is 3.25. The van der Waals surface area contributed by atoms with Gasteiger partial charge in [-0.3, -0.25) is 4.90 Å². The minimum atomic E-state index is 0.404. The first-order valence-corrected chi connectivity index (χ1v) is 7.75. The maximum atomic E-state index is 5.81. The van der Waals surface area contributed by atoms with Crippen molar-refractivity contribution in [2.24, 2.45) is 5.41 Å². The molecule has 0 aliphatic carbocycles. The molecule has 2 aliphatic rings. The Bertz CT molecular complexity index is 251. The summed E-state index contributed by atoms with van der Waals surface area (Å²) in [7, 11) is 0. The minimum absolute atomic E-state index is 0.404. The number of hydrogen-bond donors (Lipinski definition) is 1. The fraction of sp³-hybridized carbons (Fsp3) is 1.00. The first-order chi connectivity index (χ1) is 8.69. The smallest absolute Gasteiger partial charge is 0.0674 e. The molecule has 3 heteroatoms. The van der Waals surface area contributed by atoms with E-state index >= 15 is 0 Å². The summed E-state index contributed by atoms with van der Waals surface area (Å²) in [6.07, 6.45) is 5.63. The van der Waals surface area contributed by atoms with E-state index in [2.05, 4.69) is 31.0 Å². The van der Waals surface area contributed by atoms with Gasteiger partial charge >= 0.3 is 0 Å². The second kappa shape index (κ2) is 6.36. The lowest BCUT2D eigenvalue weighted by atomic mass is 9.81. The van der Waals surface area contributed by atoms with Crippen LogP contribution in [0, 0.1) is 5.41 Å². The molecule has 3 unspecified atom stereocenters. The van der Waals surface area contributed by atoms with Crippen molar-refractivity contribution in [2.75, 3.05) is 32.8 Å². The zero-order chi connectivity index (χ0) is 13.0. The lowest BCUT2D eigenvalue weighted by Gasteiger charge is -2.43. The van der Waals surface area contributed by atoms with E-state index in [4.69, 9.17) is 4.74 Å². The van der Waals surface area contributed by atoms with Gasteiger partial charge in [0.15, 0.2) is 0 Å². The van der Waals surface area contributed by atoms with Gasteiger partial charge in [0, 0.05) is 25.7 Å². The van der Waals surface area contributed by atoms with Crippen LogP contribution in [-0.4, -0.2) is 49.8 Å². The zero-order valence-corrected chi connectivity index (χ0v) is 12.4. The van der Waals surface area contributed by atoms with Crippen LogP contribution >= 0.6 is 0 Å². The summed E-state index contributed by atoms with van der Waals surface area (Å²) in [5.41, 5.74) is 0.527. The van der Waals surface area contributed by atoms with Gasteiger partial charge in [0.2, 0.25) is 0 Å². The van der Waals surface area contributed by atoms with E-state index in [0.717, 1.165) is 13.2 Å². The van der Waals surface area contributed by atoms with Crippen LogP contribution in [0.2, 0.25) is 0 Å². The maximum absolute atomic E-state index is 5.81. The van der Waals surface area contributed by atoms with Crippen molar-refractivity contribution in [3.8, 4) is 0 Å². The van der Waals surface area contributed by atoms with Crippen LogP contribution in [0.15, 0.2) is 0 Å². The van der Waals surface area contributed by atoms with Crippen molar-refractivity contribution in [3.63, 3.8) is 0 Å². The summed E-state index contributed by atoms with van der Waals surface area (Å²) in [5, 5.41) is 3.57. The Morgan fingerprint density at radius 3 is 2.83 bits per heavy atom. The Morgan fingerprint density at radius 1 is 1.39 bits per heavy atom.